The van der Waals surface area contributed by atoms with E-state index in [1.165, 1.54) is 6.20 Å². The number of pyridine rings is 1. The van der Waals surface area contributed by atoms with E-state index in [-0.39, 0.29) is 5.91 Å². The van der Waals surface area contributed by atoms with Crippen LogP contribution in [0.4, 0.5) is 5.69 Å². The van der Waals surface area contributed by atoms with Crippen molar-refractivity contribution in [3.05, 3.63) is 78.9 Å². The zero-order valence-corrected chi connectivity index (χ0v) is 12.6. The van der Waals surface area contributed by atoms with Gasteiger partial charge in [0.05, 0.1) is 11.9 Å². The second kappa shape index (κ2) is 5.92. The van der Waals surface area contributed by atoms with E-state index in [9.17, 15) is 4.79 Å². The molecule has 1 aromatic carbocycles. The molecule has 0 aliphatic rings. The molecule has 0 saturated carbocycles. The van der Waals surface area contributed by atoms with Crippen LogP contribution in [-0.2, 0) is 0 Å². The van der Waals surface area contributed by atoms with E-state index in [4.69, 9.17) is 0 Å². The molecular formula is C18H13N5O. The molecule has 0 aliphatic carbocycles. The molecule has 3 aromatic heterocycles. The average molecular weight is 315 g/mol. The third kappa shape index (κ3) is 2.50. The summed E-state index contributed by atoms with van der Waals surface area (Å²) in [6, 6.07) is 14.9. The molecule has 0 saturated heterocycles. The maximum absolute atomic E-state index is 12.5. The summed E-state index contributed by atoms with van der Waals surface area (Å²) in [5.74, 6) is -0.243. The van der Waals surface area contributed by atoms with E-state index >= 15 is 0 Å². The first kappa shape index (κ1) is 14.1. The molecule has 0 radical (unpaired) electrons. The Labute approximate surface area is 137 Å². The number of benzene rings is 1. The Morgan fingerprint density at radius 2 is 1.83 bits per heavy atom. The van der Waals surface area contributed by atoms with Gasteiger partial charge in [-0.2, -0.15) is 5.10 Å². The summed E-state index contributed by atoms with van der Waals surface area (Å²) in [4.78, 5) is 21.0. The predicted molar refractivity (Wildman–Crippen MR) is 90.6 cm³/mol. The standard InChI is InChI=1S/C18H13N5O/c24-18(22-14-6-2-1-3-7-14)15-12-21-23-16(8-10-20-17(15)23)13-5-4-9-19-11-13/h1-12H,(H,22,24). The summed E-state index contributed by atoms with van der Waals surface area (Å²) in [6.07, 6.45) is 6.66. The number of aromatic nitrogens is 4. The van der Waals surface area contributed by atoms with Crippen molar-refractivity contribution >= 4 is 17.2 Å². The highest BCUT2D eigenvalue weighted by Crippen LogP contribution is 2.20. The second-order valence-corrected chi connectivity index (χ2v) is 5.19. The molecule has 4 rings (SSSR count). The van der Waals surface area contributed by atoms with Crippen molar-refractivity contribution in [3.8, 4) is 11.3 Å². The molecule has 0 fully saturated rings. The molecule has 0 aliphatic heterocycles. The Morgan fingerprint density at radius 3 is 2.62 bits per heavy atom. The molecule has 4 aromatic rings. The Morgan fingerprint density at radius 1 is 0.958 bits per heavy atom. The molecule has 24 heavy (non-hydrogen) atoms. The fourth-order valence-corrected chi connectivity index (χ4v) is 2.50. The van der Waals surface area contributed by atoms with Crippen LogP contribution in [0, 0.1) is 0 Å². The monoisotopic (exact) mass is 315 g/mol. The SMILES string of the molecule is O=C(Nc1ccccc1)c1cnn2c(-c3cccnc3)ccnc12. The van der Waals surface area contributed by atoms with E-state index in [0.717, 1.165) is 16.9 Å². The number of hydrogen-bond acceptors (Lipinski definition) is 4. The van der Waals surface area contributed by atoms with Crippen molar-refractivity contribution in [3.63, 3.8) is 0 Å². The highest BCUT2D eigenvalue weighted by Gasteiger charge is 2.16. The van der Waals surface area contributed by atoms with Crippen LogP contribution >= 0.6 is 0 Å². The van der Waals surface area contributed by atoms with Gasteiger partial charge in [0.2, 0.25) is 0 Å². The van der Waals surface area contributed by atoms with Crippen LogP contribution in [0.5, 0.6) is 0 Å². The Balaban J connectivity index is 1.75. The molecular weight excluding hydrogens is 302 g/mol. The third-order valence-corrected chi connectivity index (χ3v) is 3.63. The molecule has 6 heteroatoms. The number of anilines is 1. The Hall–Kier alpha value is -3.54. The number of nitrogens with zero attached hydrogens (tertiary/aromatic N) is 4. The number of amides is 1. The lowest BCUT2D eigenvalue weighted by molar-refractivity contribution is 0.102. The molecule has 0 bridgehead atoms. The van der Waals surface area contributed by atoms with Gasteiger partial charge >= 0.3 is 0 Å². The lowest BCUT2D eigenvalue weighted by atomic mass is 10.2. The third-order valence-electron chi connectivity index (χ3n) is 3.63. The van der Waals surface area contributed by atoms with Crippen molar-refractivity contribution < 1.29 is 4.79 Å². The molecule has 0 spiro atoms. The lowest BCUT2D eigenvalue weighted by Crippen LogP contribution is -2.12. The molecule has 0 atom stereocenters. The van der Waals surface area contributed by atoms with Gasteiger partial charge in [-0.05, 0) is 30.3 Å². The van der Waals surface area contributed by atoms with E-state index < -0.39 is 0 Å². The summed E-state index contributed by atoms with van der Waals surface area (Å²) >= 11 is 0. The van der Waals surface area contributed by atoms with E-state index in [2.05, 4.69) is 20.4 Å². The Bertz CT molecular complexity index is 996. The number of fused-ring (bicyclic) bond motifs is 1. The first-order chi connectivity index (χ1) is 11.8. The summed E-state index contributed by atoms with van der Waals surface area (Å²) < 4.78 is 1.65. The zero-order chi connectivity index (χ0) is 16.4. The van der Waals surface area contributed by atoms with Crippen molar-refractivity contribution in [1.82, 2.24) is 19.6 Å². The number of nitrogens with one attached hydrogen (secondary N) is 1. The highest BCUT2D eigenvalue weighted by atomic mass is 16.1. The van der Waals surface area contributed by atoms with Crippen LogP contribution in [0.25, 0.3) is 16.9 Å². The van der Waals surface area contributed by atoms with Gasteiger partial charge < -0.3 is 5.32 Å². The molecule has 1 N–H and O–H groups in total. The number of carbonyl (C=O) groups excluding carboxylic acids is 1. The summed E-state index contributed by atoms with van der Waals surface area (Å²) in [5.41, 5.74) is 3.38. The second-order valence-electron chi connectivity index (χ2n) is 5.19. The van der Waals surface area contributed by atoms with Crippen LogP contribution in [0.2, 0.25) is 0 Å². The first-order valence-corrected chi connectivity index (χ1v) is 7.42. The maximum Gasteiger partial charge on any atom is 0.261 e. The number of rotatable bonds is 3. The van der Waals surface area contributed by atoms with E-state index in [1.54, 1.807) is 23.1 Å². The van der Waals surface area contributed by atoms with Gasteiger partial charge in [-0.25, -0.2) is 9.50 Å². The minimum absolute atomic E-state index is 0.243. The largest absolute Gasteiger partial charge is 0.322 e. The van der Waals surface area contributed by atoms with Gasteiger partial charge in [0.25, 0.3) is 5.91 Å². The summed E-state index contributed by atoms with van der Waals surface area (Å²) in [7, 11) is 0. The molecule has 3 heterocycles. The fourth-order valence-electron chi connectivity index (χ4n) is 2.50. The van der Waals surface area contributed by atoms with E-state index in [0.29, 0.717) is 11.2 Å². The molecule has 1 amide bonds. The van der Waals surface area contributed by atoms with Gasteiger partial charge in [-0.3, -0.25) is 9.78 Å². The van der Waals surface area contributed by atoms with Crippen LogP contribution in [0.1, 0.15) is 10.4 Å². The quantitative estimate of drug-likeness (QED) is 0.631. The Kier molecular flexibility index (Phi) is 3.47. The molecule has 6 nitrogen and oxygen atoms in total. The number of para-hydroxylation sites is 1. The van der Waals surface area contributed by atoms with Crippen LogP contribution in [0.15, 0.2) is 73.3 Å². The van der Waals surface area contributed by atoms with E-state index in [1.807, 2.05) is 48.5 Å². The normalized spacial score (nSPS) is 10.7. The smallest absolute Gasteiger partial charge is 0.261 e. The van der Waals surface area contributed by atoms with Gasteiger partial charge in [-0.1, -0.05) is 18.2 Å². The van der Waals surface area contributed by atoms with Gasteiger partial charge in [0, 0.05) is 29.8 Å². The van der Waals surface area contributed by atoms with Gasteiger partial charge in [0.1, 0.15) is 5.56 Å². The topological polar surface area (TPSA) is 72.2 Å². The van der Waals surface area contributed by atoms with Crippen molar-refractivity contribution in [2.24, 2.45) is 0 Å². The lowest BCUT2D eigenvalue weighted by Gasteiger charge is -2.05. The first-order valence-electron chi connectivity index (χ1n) is 7.42. The minimum Gasteiger partial charge on any atom is -0.322 e. The molecule has 0 unspecified atom stereocenters. The number of hydrogen-bond donors (Lipinski definition) is 1. The van der Waals surface area contributed by atoms with Gasteiger partial charge in [0.15, 0.2) is 5.65 Å². The minimum atomic E-state index is -0.243. The zero-order valence-electron chi connectivity index (χ0n) is 12.6. The van der Waals surface area contributed by atoms with Crippen molar-refractivity contribution in [1.29, 1.82) is 0 Å². The maximum atomic E-state index is 12.5. The highest BCUT2D eigenvalue weighted by molar-refractivity contribution is 6.08. The fraction of sp³-hybridized carbons (Fsp3) is 0. The summed E-state index contributed by atoms with van der Waals surface area (Å²) in [6.45, 7) is 0. The molecule has 116 valence electrons. The van der Waals surface area contributed by atoms with Gasteiger partial charge in [-0.15, -0.1) is 0 Å². The predicted octanol–water partition coefficient (Wildman–Crippen LogP) is 3.04. The number of carbonyl (C=O) groups is 1. The van der Waals surface area contributed by atoms with Crippen LogP contribution in [-0.4, -0.2) is 25.5 Å². The van der Waals surface area contributed by atoms with Crippen molar-refractivity contribution in [2.75, 3.05) is 5.32 Å². The van der Waals surface area contributed by atoms with Crippen molar-refractivity contribution in [2.45, 2.75) is 0 Å². The van der Waals surface area contributed by atoms with Crippen LogP contribution in [0.3, 0.4) is 0 Å². The average Bonchev–Trinajstić information content (AvgIpc) is 3.07. The van der Waals surface area contributed by atoms with Crippen LogP contribution < -0.4 is 5.32 Å². The summed E-state index contributed by atoms with van der Waals surface area (Å²) in [5, 5.41) is 7.17.